The number of nitrogens with zero attached hydrogens (tertiary/aromatic N) is 8. The monoisotopic (exact) mass is 528 g/mol. The van der Waals surface area contributed by atoms with E-state index in [-0.39, 0.29) is 33.3 Å². The van der Waals surface area contributed by atoms with Crippen LogP contribution in [-0.4, -0.2) is 46.1 Å². The topological polar surface area (TPSA) is 147 Å². The third-order valence-corrected chi connectivity index (χ3v) is 5.96. The quantitative estimate of drug-likeness (QED) is 0.382. The van der Waals surface area contributed by atoms with Crippen LogP contribution < -0.4 is 10.6 Å². The third kappa shape index (κ3) is 4.73. The van der Waals surface area contributed by atoms with Gasteiger partial charge in [0.1, 0.15) is 36.0 Å². The summed E-state index contributed by atoms with van der Waals surface area (Å²) in [4.78, 5) is 32.9. The smallest absolute Gasteiger partial charge is 0.360 e. The summed E-state index contributed by atoms with van der Waals surface area (Å²) in [6.45, 7) is 1.70. The normalized spacial score (nSPS) is 15.1. The van der Waals surface area contributed by atoms with Crippen molar-refractivity contribution in [2.45, 2.75) is 37.5 Å². The van der Waals surface area contributed by atoms with Gasteiger partial charge >= 0.3 is 6.18 Å². The van der Waals surface area contributed by atoms with E-state index < -0.39 is 29.2 Å². The minimum atomic E-state index is -4.66. The molecule has 4 aromatic rings. The molecule has 1 saturated carbocycles. The summed E-state index contributed by atoms with van der Waals surface area (Å²) in [5.74, 6) is 0.123. The molecule has 2 N–H and O–H groups in total. The molecule has 15 heteroatoms. The van der Waals surface area contributed by atoms with Crippen molar-refractivity contribution in [2.24, 2.45) is 0 Å². The molecule has 5 rings (SSSR count). The molecule has 1 aliphatic carbocycles. The van der Waals surface area contributed by atoms with Gasteiger partial charge in [-0.2, -0.15) is 28.2 Å². The summed E-state index contributed by atoms with van der Waals surface area (Å²) in [7, 11) is 0. The Morgan fingerprint density at radius 1 is 1.14 bits per heavy atom. The molecule has 3 aromatic heterocycles. The highest BCUT2D eigenvalue weighted by Crippen LogP contribution is 2.38. The maximum atomic E-state index is 13.5. The van der Waals surface area contributed by atoms with E-state index in [0.717, 1.165) is 12.4 Å². The number of hydrogen-bond acceptors (Lipinski definition) is 9. The summed E-state index contributed by atoms with van der Waals surface area (Å²) >= 11 is 5.96. The molecule has 1 atom stereocenters. The van der Waals surface area contributed by atoms with Crippen LogP contribution in [0, 0.1) is 11.3 Å². The Labute approximate surface area is 211 Å². The van der Waals surface area contributed by atoms with Gasteiger partial charge in [-0.25, -0.2) is 24.9 Å². The average Bonchev–Trinajstić information content (AvgIpc) is 3.46. The second kappa shape index (κ2) is 8.93. The highest BCUT2D eigenvalue weighted by atomic mass is 35.5. The van der Waals surface area contributed by atoms with Crippen molar-refractivity contribution in [1.82, 2.24) is 40.0 Å². The van der Waals surface area contributed by atoms with E-state index in [2.05, 4.69) is 46.7 Å². The number of halogens is 4. The Kier molecular flexibility index (Phi) is 5.87. The van der Waals surface area contributed by atoms with Gasteiger partial charge < -0.3 is 10.6 Å². The first-order chi connectivity index (χ1) is 17.6. The SMILES string of the molecule is CC(Nc1ncnc2c(C(F)(F)F)cc(Cl)cc12)c1ncnn1-c1cc(C(=O)NC2(C#N)CC2)ncn1. The second-order valence-corrected chi connectivity index (χ2v) is 8.81. The van der Waals surface area contributed by atoms with E-state index in [4.69, 9.17) is 11.6 Å². The maximum Gasteiger partial charge on any atom is 0.418 e. The Morgan fingerprint density at radius 3 is 2.59 bits per heavy atom. The molecule has 1 fully saturated rings. The van der Waals surface area contributed by atoms with Gasteiger partial charge in [0.15, 0.2) is 11.6 Å². The van der Waals surface area contributed by atoms with E-state index in [1.54, 1.807) is 6.92 Å². The van der Waals surface area contributed by atoms with Crippen LogP contribution in [0.3, 0.4) is 0 Å². The molecule has 188 valence electrons. The highest BCUT2D eigenvalue weighted by Gasteiger charge is 2.45. The number of amides is 1. The lowest BCUT2D eigenvalue weighted by atomic mass is 10.1. The van der Waals surface area contributed by atoms with E-state index in [1.165, 1.54) is 29.5 Å². The van der Waals surface area contributed by atoms with Gasteiger partial charge in [-0.1, -0.05) is 11.6 Å². The number of aromatic nitrogens is 7. The number of fused-ring (bicyclic) bond motifs is 1. The van der Waals surface area contributed by atoms with Crippen LogP contribution >= 0.6 is 11.6 Å². The van der Waals surface area contributed by atoms with Crippen LogP contribution in [0.5, 0.6) is 0 Å². The molecule has 0 spiro atoms. The predicted molar refractivity (Wildman–Crippen MR) is 124 cm³/mol. The summed E-state index contributed by atoms with van der Waals surface area (Å²) in [6, 6.07) is 4.99. The van der Waals surface area contributed by atoms with Crippen molar-refractivity contribution in [3.05, 3.63) is 59.3 Å². The van der Waals surface area contributed by atoms with Crippen molar-refractivity contribution in [3.63, 3.8) is 0 Å². The fourth-order valence-electron chi connectivity index (χ4n) is 3.71. The van der Waals surface area contributed by atoms with Gasteiger partial charge in [0.2, 0.25) is 0 Å². The van der Waals surface area contributed by atoms with Crippen LogP contribution in [0.25, 0.3) is 16.7 Å². The Balaban J connectivity index is 1.45. The van der Waals surface area contributed by atoms with Gasteiger partial charge in [-0.15, -0.1) is 0 Å². The van der Waals surface area contributed by atoms with Gasteiger partial charge in [0, 0.05) is 16.5 Å². The molecule has 0 bridgehead atoms. The molecule has 1 amide bonds. The van der Waals surface area contributed by atoms with Gasteiger partial charge in [-0.3, -0.25) is 4.79 Å². The van der Waals surface area contributed by atoms with E-state index in [1.807, 2.05) is 0 Å². The minimum absolute atomic E-state index is 0.0321. The minimum Gasteiger partial charge on any atom is -0.360 e. The zero-order valence-corrected chi connectivity index (χ0v) is 19.7. The number of nitrogens with one attached hydrogen (secondary N) is 2. The Hall–Kier alpha value is -4.38. The molecule has 0 saturated heterocycles. The molecule has 1 aliphatic rings. The van der Waals surface area contributed by atoms with Gasteiger partial charge in [0.25, 0.3) is 5.91 Å². The number of benzene rings is 1. The molecule has 0 radical (unpaired) electrons. The first kappa shape index (κ1) is 24.3. The number of nitriles is 1. The molecular formula is C22H16ClF3N10O. The lowest BCUT2D eigenvalue weighted by molar-refractivity contribution is -0.136. The largest absolute Gasteiger partial charge is 0.418 e. The number of rotatable bonds is 6. The van der Waals surface area contributed by atoms with Crippen molar-refractivity contribution in [3.8, 4) is 11.9 Å². The third-order valence-electron chi connectivity index (χ3n) is 5.74. The molecule has 1 aromatic carbocycles. The zero-order chi connectivity index (χ0) is 26.4. The lowest BCUT2D eigenvalue weighted by Crippen LogP contribution is -2.36. The fraction of sp³-hybridized carbons (Fsp3) is 0.273. The summed E-state index contributed by atoms with van der Waals surface area (Å²) < 4.78 is 42.0. The molecule has 11 nitrogen and oxygen atoms in total. The summed E-state index contributed by atoms with van der Waals surface area (Å²) in [5.41, 5.74) is -2.12. The van der Waals surface area contributed by atoms with E-state index in [9.17, 15) is 23.2 Å². The number of carbonyl (C=O) groups excluding carboxylic acids is 1. The average molecular weight is 529 g/mol. The second-order valence-electron chi connectivity index (χ2n) is 8.38. The van der Waals surface area contributed by atoms with Crippen molar-refractivity contribution < 1.29 is 18.0 Å². The van der Waals surface area contributed by atoms with Crippen LogP contribution in [0.1, 0.15) is 47.7 Å². The fourth-order valence-corrected chi connectivity index (χ4v) is 3.93. The van der Waals surface area contributed by atoms with E-state index in [0.29, 0.717) is 18.7 Å². The first-order valence-electron chi connectivity index (χ1n) is 10.8. The molecule has 37 heavy (non-hydrogen) atoms. The molecular weight excluding hydrogens is 513 g/mol. The summed E-state index contributed by atoms with van der Waals surface area (Å²) in [5, 5.41) is 19.0. The van der Waals surface area contributed by atoms with Crippen molar-refractivity contribution in [1.29, 1.82) is 5.26 Å². The zero-order valence-electron chi connectivity index (χ0n) is 19.0. The number of alkyl halides is 3. The highest BCUT2D eigenvalue weighted by molar-refractivity contribution is 6.31. The van der Waals surface area contributed by atoms with Gasteiger partial charge in [0.05, 0.1) is 23.2 Å². The van der Waals surface area contributed by atoms with Crippen molar-refractivity contribution >= 4 is 34.2 Å². The number of carbonyl (C=O) groups is 1. The van der Waals surface area contributed by atoms with Crippen molar-refractivity contribution in [2.75, 3.05) is 5.32 Å². The summed E-state index contributed by atoms with van der Waals surface area (Å²) in [6.07, 6.45) is -0.0638. The van der Waals surface area contributed by atoms with Crippen LogP contribution in [-0.2, 0) is 6.18 Å². The number of anilines is 1. The van der Waals surface area contributed by atoms with E-state index >= 15 is 0 Å². The van der Waals surface area contributed by atoms with Crippen LogP contribution in [0.15, 0.2) is 37.2 Å². The Morgan fingerprint density at radius 2 is 1.89 bits per heavy atom. The predicted octanol–water partition coefficient (Wildman–Crippen LogP) is 3.63. The molecule has 3 heterocycles. The lowest BCUT2D eigenvalue weighted by Gasteiger charge is -2.17. The molecule has 0 aliphatic heterocycles. The standard InChI is InChI=1S/C22H16ClF3N10O/c1-11(34-18-13-4-12(23)5-14(22(24,25)26)17(13)30-9-31-18)19-32-10-33-36(19)16-6-15(28-8-29-16)20(37)35-21(7-27)2-3-21/h4-6,8-11H,2-3H2,1H3,(H,35,37)(H,30,31,34). The van der Waals surface area contributed by atoms with Crippen LogP contribution in [0.2, 0.25) is 5.02 Å². The van der Waals surface area contributed by atoms with Crippen LogP contribution in [0.4, 0.5) is 19.0 Å². The first-order valence-corrected chi connectivity index (χ1v) is 11.2. The van der Waals surface area contributed by atoms with Gasteiger partial charge in [-0.05, 0) is 31.9 Å². The maximum absolute atomic E-state index is 13.5. The number of hydrogen-bond donors (Lipinski definition) is 2. The molecule has 1 unspecified atom stereocenters. The Bertz CT molecular complexity index is 1560.